The standard InChI is InChI=1S/C27H35N5O4S2/c1-20-5-4-13-32(19-20)38(34,35)22-10-8-21(9-11-22)26(33)28-12-14-30-15-17-31(18-16-30)27-29-25-23(36-2)6-3-7-24(25)37-27/h3,6-11,20H,4-5,12-19H2,1-2H3,(H,28,33). The lowest BCUT2D eigenvalue weighted by Gasteiger charge is -2.34. The van der Waals surface area contributed by atoms with E-state index >= 15 is 0 Å². The summed E-state index contributed by atoms with van der Waals surface area (Å²) in [6, 6.07) is 12.3. The second-order valence-corrected chi connectivity index (χ2v) is 13.0. The maximum atomic E-state index is 13.0. The second kappa shape index (κ2) is 11.6. The molecule has 1 atom stereocenters. The van der Waals surface area contributed by atoms with Crippen LogP contribution in [0.1, 0.15) is 30.1 Å². The van der Waals surface area contributed by atoms with Gasteiger partial charge >= 0.3 is 0 Å². The molecule has 1 amide bonds. The van der Waals surface area contributed by atoms with Gasteiger partial charge in [-0.15, -0.1) is 0 Å². The Morgan fingerprint density at radius 2 is 1.87 bits per heavy atom. The molecule has 0 radical (unpaired) electrons. The molecule has 1 unspecified atom stereocenters. The number of sulfonamides is 1. The summed E-state index contributed by atoms with van der Waals surface area (Å²) in [6.45, 7) is 8.01. The zero-order chi connectivity index (χ0) is 26.7. The molecule has 2 aliphatic heterocycles. The first-order valence-corrected chi connectivity index (χ1v) is 15.4. The number of rotatable bonds is 8. The van der Waals surface area contributed by atoms with Crippen LogP contribution in [0.2, 0.25) is 0 Å². The molecular weight excluding hydrogens is 522 g/mol. The minimum atomic E-state index is -3.52. The van der Waals surface area contributed by atoms with E-state index in [9.17, 15) is 13.2 Å². The molecule has 2 fully saturated rings. The summed E-state index contributed by atoms with van der Waals surface area (Å²) < 4.78 is 34.0. The summed E-state index contributed by atoms with van der Waals surface area (Å²) in [5.41, 5.74) is 1.37. The number of aromatic nitrogens is 1. The van der Waals surface area contributed by atoms with Crippen molar-refractivity contribution in [2.45, 2.75) is 24.7 Å². The lowest BCUT2D eigenvalue weighted by Crippen LogP contribution is -2.48. The Labute approximate surface area is 228 Å². The highest BCUT2D eigenvalue weighted by Gasteiger charge is 2.28. The fraction of sp³-hybridized carbons (Fsp3) is 0.481. The van der Waals surface area contributed by atoms with Crippen LogP contribution in [0.4, 0.5) is 5.13 Å². The molecule has 11 heteroatoms. The van der Waals surface area contributed by atoms with Gasteiger partial charge in [-0.3, -0.25) is 9.69 Å². The number of ether oxygens (including phenoxy) is 1. The monoisotopic (exact) mass is 557 g/mol. The molecule has 1 aromatic heterocycles. The topological polar surface area (TPSA) is 95.1 Å². The van der Waals surface area contributed by atoms with Crippen LogP contribution in [0.5, 0.6) is 5.75 Å². The Bertz CT molecular complexity index is 1370. The predicted octanol–water partition coefficient (Wildman–Crippen LogP) is 3.28. The highest BCUT2D eigenvalue weighted by molar-refractivity contribution is 7.89. The number of piperidine rings is 1. The fourth-order valence-corrected chi connectivity index (χ4v) is 7.73. The first-order valence-electron chi connectivity index (χ1n) is 13.1. The summed E-state index contributed by atoms with van der Waals surface area (Å²) in [7, 11) is -1.86. The molecule has 0 aliphatic carbocycles. The van der Waals surface area contributed by atoms with Crippen LogP contribution in [0, 0.1) is 5.92 Å². The van der Waals surface area contributed by atoms with E-state index in [1.165, 1.54) is 0 Å². The summed E-state index contributed by atoms with van der Waals surface area (Å²) in [5, 5.41) is 3.98. The van der Waals surface area contributed by atoms with Crippen LogP contribution in [0.25, 0.3) is 10.2 Å². The number of para-hydroxylation sites is 1. The number of nitrogens with one attached hydrogen (secondary N) is 1. The average Bonchev–Trinajstić information content (AvgIpc) is 3.38. The number of methoxy groups -OCH3 is 1. The molecule has 2 aromatic carbocycles. The maximum absolute atomic E-state index is 13.0. The molecule has 5 rings (SSSR count). The smallest absolute Gasteiger partial charge is 0.251 e. The van der Waals surface area contributed by atoms with Gasteiger partial charge in [-0.2, -0.15) is 4.31 Å². The summed E-state index contributed by atoms with van der Waals surface area (Å²) in [5.74, 6) is 0.970. The lowest BCUT2D eigenvalue weighted by molar-refractivity contribution is 0.0947. The zero-order valence-electron chi connectivity index (χ0n) is 21.9. The molecule has 0 saturated carbocycles. The number of hydrogen-bond donors (Lipinski definition) is 1. The van der Waals surface area contributed by atoms with Crippen molar-refractivity contribution in [3.63, 3.8) is 0 Å². The van der Waals surface area contributed by atoms with E-state index in [0.717, 1.165) is 66.7 Å². The first-order chi connectivity index (χ1) is 18.3. The molecule has 38 heavy (non-hydrogen) atoms. The molecule has 3 aromatic rings. The third-order valence-corrected chi connectivity index (χ3v) is 10.3. The molecule has 2 saturated heterocycles. The van der Waals surface area contributed by atoms with E-state index in [4.69, 9.17) is 9.72 Å². The number of anilines is 1. The number of carbonyl (C=O) groups excluding carboxylic acids is 1. The maximum Gasteiger partial charge on any atom is 0.251 e. The van der Waals surface area contributed by atoms with Gasteiger partial charge in [-0.25, -0.2) is 13.4 Å². The van der Waals surface area contributed by atoms with E-state index in [-0.39, 0.29) is 10.8 Å². The van der Waals surface area contributed by atoms with Crippen molar-refractivity contribution in [2.75, 3.05) is 64.4 Å². The van der Waals surface area contributed by atoms with E-state index in [1.54, 1.807) is 47.0 Å². The minimum Gasteiger partial charge on any atom is -0.494 e. The van der Waals surface area contributed by atoms with Gasteiger partial charge in [0.2, 0.25) is 10.0 Å². The van der Waals surface area contributed by atoms with Gasteiger partial charge in [0.05, 0.1) is 16.7 Å². The lowest BCUT2D eigenvalue weighted by atomic mass is 10.0. The number of nitrogens with zero attached hydrogens (tertiary/aromatic N) is 4. The largest absolute Gasteiger partial charge is 0.494 e. The number of hydrogen-bond acceptors (Lipinski definition) is 8. The van der Waals surface area contributed by atoms with Gasteiger partial charge in [0, 0.05) is 57.9 Å². The Morgan fingerprint density at radius 1 is 1.11 bits per heavy atom. The third-order valence-electron chi connectivity index (χ3n) is 7.32. The van der Waals surface area contributed by atoms with Crippen LogP contribution in [-0.4, -0.2) is 88.0 Å². The Hall–Kier alpha value is -2.73. The van der Waals surface area contributed by atoms with Crippen molar-refractivity contribution in [3.05, 3.63) is 48.0 Å². The van der Waals surface area contributed by atoms with Crippen molar-refractivity contribution in [3.8, 4) is 5.75 Å². The highest BCUT2D eigenvalue weighted by Crippen LogP contribution is 2.34. The SMILES string of the molecule is COc1cccc2sc(N3CCN(CCNC(=O)c4ccc(S(=O)(=O)N5CCCC(C)C5)cc4)CC3)nc12. The fourth-order valence-electron chi connectivity index (χ4n) is 5.10. The summed E-state index contributed by atoms with van der Waals surface area (Å²) in [6.07, 6.45) is 1.94. The molecule has 9 nitrogen and oxygen atoms in total. The van der Waals surface area contributed by atoms with Gasteiger partial charge in [0.25, 0.3) is 5.91 Å². The number of benzene rings is 2. The van der Waals surface area contributed by atoms with Crippen molar-refractivity contribution >= 4 is 42.6 Å². The summed E-state index contributed by atoms with van der Waals surface area (Å²) in [4.78, 5) is 22.3. The summed E-state index contributed by atoms with van der Waals surface area (Å²) >= 11 is 1.68. The Morgan fingerprint density at radius 3 is 2.58 bits per heavy atom. The Kier molecular flexibility index (Phi) is 8.18. The number of thiazole rings is 1. The van der Waals surface area contributed by atoms with Gasteiger partial charge in [0.1, 0.15) is 11.3 Å². The van der Waals surface area contributed by atoms with Gasteiger partial charge in [-0.05, 0) is 55.2 Å². The molecular formula is C27H35N5O4S2. The molecule has 0 bridgehead atoms. The number of piperazine rings is 1. The molecule has 1 N–H and O–H groups in total. The second-order valence-electron chi connectivity index (χ2n) is 10.0. The number of carbonyl (C=O) groups is 1. The van der Waals surface area contributed by atoms with E-state index < -0.39 is 10.0 Å². The average molecular weight is 558 g/mol. The Balaban J connectivity index is 1.09. The van der Waals surface area contributed by atoms with E-state index in [0.29, 0.717) is 31.1 Å². The van der Waals surface area contributed by atoms with Crippen molar-refractivity contribution < 1.29 is 17.9 Å². The van der Waals surface area contributed by atoms with Crippen LogP contribution in [0.15, 0.2) is 47.4 Å². The molecule has 0 spiro atoms. The van der Waals surface area contributed by atoms with Crippen molar-refractivity contribution in [1.82, 2.24) is 19.5 Å². The minimum absolute atomic E-state index is 0.192. The molecule has 3 heterocycles. The van der Waals surface area contributed by atoms with Crippen LogP contribution < -0.4 is 15.0 Å². The van der Waals surface area contributed by atoms with Crippen LogP contribution >= 0.6 is 11.3 Å². The van der Waals surface area contributed by atoms with Gasteiger partial charge in [-0.1, -0.05) is 24.3 Å². The quantitative estimate of drug-likeness (QED) is 0.454. The molecule has 2 aliphatic rings. The van der Waals surface area contributed by atoms with E-state index in [2.05, 4.69) is 28.1 Å². The highest BCUT2D eigenvalue weighted by atomic mass is 32.2. The van der Waals surface area contributed by atoms with Gasteiger partial charge in [0.15, 0.2) is 5.13 Å². The van der Waals surface area contributed by atoms with E-state index in [1.807, 2.05) is 12.1 Å². The normalized spacial score (nSPS) is 19.5. The van der Waals surface area contributed by atoms with Gasteiger partial charge < -0.3 is 15.0 Å². The number of fused-ring (bicyclic) bond motifs is 1. The zero-order valence-corrected chi connectivity index (χ0v) is 23.6. The van der Waals surface area contributed by atoms with Crippen molar-refractivity contribution in [2.24, 2.45) is 5.92 Å². The molecule has 204 valence electrons. The number of amides is 1. The first kappa shape index (κ1) is 26.9. The predicted molar refractivity (Wildman–Crippen MR) is 151 cm³/mol. The third kappa shape index (κ3) is 5.80. The van der Waals surface area contributed by atoms with Crippen LogP contribution in [-0.2, 0) is 10.0 Å². The van der Waals surface area contributed by atoms with Crippen molar-refractivity contribution in [1.29, 1.82) is 0 Å². The van der Waals surface area contributed by atoms with Crippen LogP contribution in [0.3, 0.4) is 0 Å².